The Balaban J connectivity index is 1.02. The molecule has 15 rings (SSSR count). The third-order valence-corrected chi connectivity index (χ3v) is 19.5. The van der Waals surface area contributed by atoms with Crippen molar-refractivity contribution >= 4 is 43.6 Å². The molecule has 0 saturated heterocycles. The van der Waals surface area contributed by atoms with Crippen molar-refractivity contribution in [1.29, 1.82) is 0 Å². The van der Waals surface area contributed by atoms with Crippen LogP contribution in [0.5, 0.6) is 0 Å². The minimum absolute atomic E-state index is 0.00128. The standard InChI is InChI=1S/C88H72F3N5/c1-49-36-53(5)80(54(6)37-49)63-26-32-75-70(44-63)71-45-64(81-55(7)38-50(2)39-56(81)8)27-33-76(71)95(75)67-30-31-68(74(48-67)87-93-85(61-20-15-13-16-21-61)92-86(94-87)62-22-17-14-18-23-62)69-24-19-25-79(84(69)88(89,90)91)96-77-34-28-65(82-57(9)40-51(3)41-58(82)10)46-72(77)73-47-66(29-35-78(73)96)83-59(11)42-52(4)43-60(83)12/h13-48H,1-12H3. The lowest BCUT2D eigenvalue weighted by molar-refractivity contribution is -0.136. The second-order valence-electron chi connectivity index (χ2n) is 26.7. The zero-order valence-electron chi connectivity index (χ0n) is 56.2. The van der Waals surface area contributed by atoms with Crippen LogP contribution in [0.2, 0.25) is 0 Å². The minimum atomic E-state index is -4.88. The predicted molar refractivity (Wildman–Crippen MR) is 394 cm³/mol. The molecule has 5 nitrogen and oxygen atoms in total. The molecule has 15 aromatic rings. The number of fused-ring (bicyclic) bond motifs is 6. The zero-order chi connectivity index (χ0) is 66.7. The van der Waals surface area contributed by atoms with E-state index in [1.165, 1.54) is 55.6 Å². The smallest absolute Gasteiger partial charge is 0.309 e. The summed E-state index contributed by atoms with van der Waals surface area (Å²) in [5.41, 5.74) is 28.1. The number of hydrogen-bond donors (Lipinski definition) is 0. The number of aromatic nitrogens is 5. The van der Waals surface area contributed by atoms with Gasteiger partial charge in [-0.05, 0) is 250 Å². The topological polar surface area (TPSA) is 48.5 Å². The van der Waals surface area contributed by atoms with E-state index in [9.17, 15) is 0 Å². The molecule has 0 aliphatic heterocycles. The second kappa shape index (κ2) is 23.5. The van der Waals surface area contributed by atoms with Crippen LogP contribution in [0, 0.1) is 83.1 Å². The number of halogens is 3. The largest absolute Gasteiger partial charge is 0.419 e. The molecule has 0 fully saturated rings. The van der Waals surface area contributed by atoms with Gasteiger partial charge in [-0.1, -0.05) is 174 Å². The fraction of sp³-hybridized carbons (Fsp3) is 0.148. The van der Waals surface area contributed by atoms with Gasteiger partial charge in [0.05, 0.1) is 33.3 Å². The number of rotatable bonds is 10. The maximum Gasteiger partial charge on any atom is 0.419 e. The molecule has 0 N–H and O–H groups in total. The first kappa shape index (κ1) is 61.2. The number of nitrogens with zero attached hydrogens (tertiary/aromatic N) is 5. The molecular weight excluding hydrogens is 1180 g/mol. The van der Waals surface area contributed by atoms with Gasteiger partial charge in [0.15, 0.2) is 17.5 Å². The summed E-state index contributed by atoms with van der Waals surface area (Å²) < 4.78 is 56.1. The Labute approximate surface area is 558 Å². The van der Waals surface area contributed by atoms with Crippen LogP contribution in [0.4, 0.5) is 13.2 Å². The lowest BCUT2D eigenvalue weighted by Gasteiger charge is -2.22. The van der Waals surface area contributed by atoms with Gasteiger partial charge in [-0.15, -0.1) is 0 Å². The molecule has 3 heterocycles. The molecule has 0 radical (unpaired) electrons. The van der Waals surface area contributed by atoms with Crippen molar-refractivity contribution in [3.8, 4) is 101 Å². The third-order valence-electron chi connectivity index (χ3n) is 19.5. The second-order valence-corrected chi connectivity index (χ2v) is 26.7. The molecule has 96 heavy (non-hydrogen) atoms. The third kappa shape index (κ3) is 10.6. The molecule has 0 unspecified atom stereocenters. The van der Waals surface area contributed by atoms with Crippen molar-refractivity contribution in [2.24, 2.45) is 0 Å². The highest BCUT2D eigenvalue weighted by molar-refractivity contribution is 6.14. The Morgan fingerprint density at radius 1 is 0.271 bits per heavy atom. The molecule has 0 aliphatic rings. The molecule has 0 spiro atoms. The van der Waals surface area contributed by atoms with Gasteiger partial charge in [-0.3, -0.25) is 0 Å². The summed E-state index contributed by atoms with van der Waals surface area (Å²) in [5, 5.41) is 3.78. The van der Waals surface area contributed by atoms with Crippen LogP contribution >= 0.6 is 0 Å². The van der Waals surface area contributed by atoms with E-state index in [4.69, 9.17) is 15.0 Å². The Hall–Kier alpha value is -11.0. The number of alkyl halides is 3. The summed E-state index contributed by atoms with van der Waals surface area (Å²) in [7, 11) is 0. The molecule has 3 aromatic heterocycles. The summed E-state index contributed by atoms with van der Waals surface area (Å²) in [4.78, 5) is 15.7. The van der Waals surface area contributed by atoms with E-state index in [0.29, 0.717) is 33.8 Å². The summed E-state index contributed by atoms with van der Waals surface area (Å²) in [6, 6.07) is 73.7. The van der Waals surface area contributed by atoms with Crippen molar-refractivity contribution in [2.45, 2.75) is 89.3 Å². The first-order chi connectivity index (χ1) is 46.1. The molecule has 0 saturated carbocycles. The van der Waals surface area contributed by atoms with Gasteiger partial charge in [0.1, 0.15) is 0 Å². The Kier molecular flexibility index (Phi) is 15.0. The number of benzene rings is 12. The monoisotopic (exact) mass is 1260 g/mol. The van der Waals surface area contributed by atoms with Crippen LogP contribution in [0.15, 0.2) is 218 Å². The van der Waals surface area contributed by atoms with Crippen molar-refractivity contribution in [1.82, 2.24) is 24.1 Å². The molecule has 0 aliphatic carbocycles. The normalized spacial score (nSPS) is 11.9. The summed E-state index contributed by atoms with van der Waals surface area (Å²) in [6.07, 6.45) is -4.88. The SMILES string of the molecule is Cc1cc(C)c(-c2ccc3c(c2)c2cc(-c4c(C)cc(C)cc4C)ccc2n3-c2ccc(-c3cccc(-n4c5ccc(-c6c(C)cc(C)cc6C)cc5c5cc(-c6c(C)cc(C)cc6C)ccc54)c3C(F)(F)F)c(-c3nc(-c4ccccc4)nc(-c4ccccc4)n3)c2)c(C)c1. The van der Waals surface area contributed by atoms with E-state index in [-0.39, 0.29) is 17.1 Å². The van der Waals surface area contributed by atoms with Crippen LogP contribution in [0.25, 0.3) is 145 Å². The summed E-state index contributed by atoms with van der Waals surface area (Å²) in [6.45, 7) is 25.7. The van der Waals surface area contributed by atoms with Crippen molar-refractivity contribution in [3.63, 3.8) is 0 Å². The van der Waals surface area contributed by atoms with E-state index < -0.39 is 11.7 Å². The van der Waals surface area contributed by atoms with E-state index in [1.54, 1.807) is 18.2 Å². The van der Waals surface area contributed by atoms with Crippen molar-refractivity contribution in [3.05, 3.63) is 291 Å². The summed E-state index contributed by atoms with van der Waals surface area (Å²) >= 11 is 0. The molecule has 0 amide bonds. The fourth-order valence-electron chi connectivity index (χ4n) is 16.0. The maximum atomic E-state index is 17.3. The van der Waals surface area contributed by atoms with E-state index in [0.717, 1.165) is 105 Å². The predicted octanol–water partition coefficient (Wildman–Crippen LogP) is 24.1. The van der Waals surface area contributed by atoms with Crippen molar-refractivity contribution < 1.29 is 13.2 Å². The minimum Gasteiger partial charge on any atom is -0.309 e. The molecule has 0 atom stereocenters. The molecule has 12 aromatic carbocycles. The highest BCUT2D eigenvalue weighted by Gasteiger charge is 2.39. The van der Waals surface area contributed by atoms with E-state index >= 15 is 13.2 Å². The van der Waals surface area contributed by atoms with Gasteiger partial charge in [0, 0.05) is 43.9 Å². The highest BCUT2D eigenvalue weighted by atomic mass is 19.4. The highest BCUT2D eigenvalue weighted by Crippen LogP contribution is 2.49. The van der Waals surface area contributed by atoms with Gasteiger partial charge in [0.25, 0.3) is 0 Å². The molecule has 8 heteroatoms. The van der Waals surface area contributed by atoms with E-state index in [1.807, 2.05) is 95.6 Å². The lowest BCUT2D eigenvalue weighted by Crippen LogP contribution is -2.13. The first-order valence-corrected chi connectivity index (χ1v) is 32.9. The van der Waals surface area contributed by atoms with Gasteiger partial charge in [-0.25, -0.2) is 15.0 Å². The zero-order valence-corrected chi connectivity index (χ0v) is 56.2. The van der Waals surface area contributed by atoms with Crippen LogP contribution in [0.1, 0.15) is 72.3 Å². The fourth-order valence-corrected chi connectivity index (χ4v) is 16.0. The van der Waals surface area contributed by atoms with Gasteiger partial charge in [-0.2, -0.15) is 13.2 Å². The lowest BCUT2D eigenvalue weighted by atomic mass is 9.91. The maximum absolute atomic E-state index is 17.3. The van der Waals surface area contributed by atoms with Gasteiger partial charge >= 0.3 is 6.18 Å². The average molecular weight is 1260 g/mol. The van der Waals surface area contributed by atoms with Gasteiger partial charge < -0.3 is 9.13 Å². The average Bonchev–Trinajstić information content (AvgIpc) is 1.52. The summed E-state index contributed by atoms with van der Waals surface area (Å²) in [5.74, 6) is 0.994. The van der Waals surface area contributed by atoms with Gasteiger partial charge in [0.2, 0.25) is 0 Å². The number of hydrogen-bond acceptors (Lipinski definition) is 3. The molecule has 0 bridgehead atoms. The Bertz CT molecular complexity index is 5330. The van der Waals surface area contributed by atoms with Crippen LogP contribution in [-0.4, -0.2) is 24.1 Å². The number of aryl methyl sites for hydroxylation is 12. The van der Waals surface area contributed by atoms with E-state index in [2.05, 4.69) is 197 Å². The molecular formula is C88H72F3N5. The first-order valence-electron chi connectivity index (χ1n) is 32.9. The quantitative estimate of drug-likeness (QED) is 0.137. The van der Waals surface area contributed by atoms with Crippen molar-refractivity contribution in [2.75, 3.05) is 0 Å². The van der Waals surface area contributed by atoms with Crippen LogP contribution in [0.3, 0.4) is 0 Å². The Morgan fingerprint density at radius 2 is 0.604 bits per heavy atom. The van der Waals surface area contributed by atoms with Crippen LogP contribution < -0.4 is 0 Å². The van der Waals surface area contributed by atoms with Crippen LogP contribution in [-0.2, 0) is 6.18 Å². The molecule has 470 valence electrons. The Morgan fingerprint density at radius 3 is 0.948 bits per heavy atom.